The van der Waals surface area contributed by atoms with Crippen LogP contribution in [0.4, 0.5) is 33.3 Å². The molecule has 2 unspecified atom stereocenters. The third-order valence-corrected chi connectivity index (χ3v) is 8.08. The van der Waals surface area contributed by atoms with E-state index >= 15 is 0 Å². The predicted molar refractivity (Wildman–Crippen MR) is 145 cm³/mol. The monoisotopic (exact) mass is 561 g/mol. The van der Waals surface area contributed by atoms with E-state index in [1.807, 2.05) is 6.08 Å². The minimum atomic E-state index is -4.12. The number of benzene rings is 2. The van der Waals surface area contributed by atoms with Crippen molar-refractivity contribution in [2.45, 2.75) is 45.2 Å². The van der Waals surface area contributed by atoms with E-state index in [-0.39, 0.29) is 41.4 Å². The zero-order chi connectivity index (χ0) is 29.1. The molecule has 0 saturated heterocycles. The number of nitrogens with two attached hydrogens (primary N) is 1. The van der Waals surface area contributed by atoms with Crippen LogP contribution < -0.4 is 15.8 Å². The zero-order valence-electron chi connectivity index (χ0n) is 22.3. The Bertz CT molecular complexity index is 1330. The van der Waals surface area contributed by atoms with Gasteiger partial charge in [-0.2, -0.15) is 13.2 Å². The number of anilines is 1. The number of rotatable bonds is 5. The number of alkyl halides is 3. The summed E-state index contributed by atoms with van der Waals surface area (Å²) >= 11 is 0. The van der Waals surface area contributed by atoms with E-state index in [2.05, 4.69) is 28.2 Å². The molecule has 3 atom stereocenters. The molecule has 0 aliphatic heterocycles. The fourth-order valence-electron chi connectivity index (χ4n) is 5.96. The quantitative estimate of drug-likeness (QED) is 0.219. The number of allylic oxidation sites excluding steroid dienone is 4. The molecule has 5 rings (SSSR count). The molecule has 0 spiro atoms. The van der Waals surface area contributed by atoms with Crippen molar-refractivity contribution in [1.82, 2.24) is 0 Å². The van der Waals surface area contributed by atoms with Crippen molar-refractivity contribution in [3.05, 3.63) is 93.6 Å². The summed E-state index contributed by atoms with van der Waals surface area (Å²) in [5, 5.41) is 5.91. The number of nitrogens with one attached hydrogen (secondary N) is 1. The van der Waals surface area contributed by atoms with E-state index < -0.39 is 17.9 Å². The summed E-state index contributed by atoms with van der Waals surface area (Å²) in [6, 6.07) is 9.93. The minimum Gasteiger partial charge on any atom is -0.494 e. The van der Waals surface area contributed by atoms with Crippen LogP contribution >= 0.6 is 0 Å². The smallest absolute Gasteiger partial charge is 0.392 e. The number of halogens is 5. The van der Waals surface area contributed by atoms with Gasteiger partial charge in [-0.1, -0.05) is 24.1 Å². The molecule has 3 N–H and O–H groups in total. The van der Waals surface area contributed by atoms with Gasteiger partial charge in [0.25, 0.3) is 0 Å². The van der Waals surface area contributed by atoms with Gasteiger partial charge in [0.15, 0.2) is 11.6 Å². The number of ether oxygens (including phenoxy) is 1. The van der Waals surface area contributed by atoms with Crippen LogP contribution in [0.3, 0.4) is 0 Å². The Kier molecular flexibility index (Phi) is 8.77. The standard InChI is InChI=1S/C23H26F4N2.C7H6FNO2/c1-22-12-15(13-28)21(29-19-7-5-18(24)6-8-19)11-16(22)3-2-14-10-17(23(25,26)27)4-9-20(14)22;1-11-7-3-2-5(9-10)4-6(7)8/h5-9,11,14,17,29H,2-4,10,12-13,28H2,1H3;2-4H,1H3/t14?,17-,22?;/m1./s1. The Morgan fingerprint density at radius 3 is 2.48 bits per heavy atom. The van der Waals surface area contributed by atoms with Gasteiger partial charge in [0.05, 0.1) is 13.0 Å². The van der Waals surface area contributed by atoms with Crippen LogP contribution in [0.25, 0.3) is 0 Å². The van der Waals surface area contributed by atoms with Crippen molar-refractivity contribution >= 4 is 11.4 Å². The number of hydrogen-bond donors (Lipinski definition) is 2. The second-order valence-corrected chi connectivity index (χ2v) is 10.5. The van der Waals surface area contributed by atoms with E-state index in [1.54, 1.807) is 12.1 Å². The summed E-state index contributed by atoms with van der Waals surface area (Å²) in [5.41, 5.74) is 11.0. The summed E-state index contributed by atoms with van der Waals surface area (Å²) in [5.74, 6) is -2.00. The van der Waals surface area contributed by atoms with Gasteiger partial charge in [-0.05, 0) is 91.2 Å². The van der Waals surface area contributed by atoms with Crippen LogP contribution in [0.15, 0.2) is 82.2 Å². The maximum atomic E-state index is 13.2. The van der Waals surface area contributed by atoms with Gasteiger partial charge in [0, 0.05) is 29.4 Å². The predicted octanol–water partition coefficient (Wildman–Crippen LogP) is 8.33. The second kappa shape index (κ2) is 11.9. The van der Waals surface area contributed by atoms with E-state index in [0.29, 0.717) is 13.0 Å². The lowest BCUT2D eigenvalue weighted by Gasteiger charge is -2.49. The second-order valence-electron chi connectivity index (χ2n) is 10.5. The van der Waals surface area contributed by atoms with E-state index in [0.717, 1.165) is 41.4 Å². The summed E-state index contributed by atoms with van der Waals surface area (Å²) in [6.07, 6.45) is 2.35. The topological polar surface area (TPSA) is 76.7 Å². The Labute approximate surface area is 230 Å². The lowest BCUT2D eigenvalue weighted by atomic mass is 9.56. The first-order valence-corrected chi connectivity index (χ1v) is 13.1. The van der Waals surface area contributed by atoms with Crippen molar-refractivity contribution in [1.29, 1.82) is 0 Å². The van der Waals surface area contributed by atoms with E-state index in [1.165, 1.54) is 36.9 Å². The number of fused-ring (bicyclic) bond motifs is 3. The third-order valence-electron chi connectivity index (χ3n) is 8.08. The largest absolute Gasteiger partial charge is 0.494 e. The molecular formula is C30H32F5N3O2. The number of nitrogens with zero attached hydrogens (tertiary/aromatic N) is 1. The summed E-state index contributed by atoms with van der Waals surface area (Å²) in [4.78, 5) is 9.90. The van der Waals surface area contributed by atoms with Crippen LogP contribution in [0.1, 0.15) is 39.0 Å². The van der Waals surface area contributed by atoms with Crippen molar-refractivity contribution in [2.75, 3.05) is 19.0 Å². The van der Waals surface area contributed by atoms with Crippen molar-refractivity contribution < 1.29 is 26.7 Å². The molecule has 0 bridgehead atoms. The van der Waals surface area contributed by atoms with Crippen LogP contribution in [-0.2, 0) is 0 Å². The van der Waals surface area contributed by atoms with Crippen molar-refractivity contribution in [2.24, 2.45) is 28.2 Å². The van der Waals surface area contributed by atoms with Crippen LogP contribution in [0.2, 0.25) is 0 Å². The zero-order valence-corrected chi connectivity index (χ0v) is 22.3. The number of hydrogen-bond acceptors (Lipinski definition) is 5. The number of methoxy groups -OCH3 is 1. The van der Waals surface area contributed by atoms with Gasteiger partial charge < -0.3 is 15.8 Å². The molecular weight excluding hydrogens is 529 g/mol. The molecule has 214 valence electrons. The fraction of sp³-hybridized carbons (Fsp3) is 0.400. The van der Waals surface area contributed by atoms with E-state index in [9.17, 15) is 26.9 Å². The maximum Gasteiger partial charge on any atom is 0.392 e. The maximum absolute atomic E-state index is 13.2. The molecule has 3 aliphatic carbocycles. The molecule has 0 radical (unpaired) electrons. The molecule has 10 heteroatoms. The fourth-order valence-corrected chi connectivity index (χ4v) is 5.96. The average Bonchev–Trinajstić information content (AvgIpc) is 2.93. The Balaban J connectivity index is 0.000000283. The first kappa shape index (κ1) is 29.5. The minimum absolute atomic E-state index is 0.0110. The molecule has 3 aliphatic rings. The molecule has 0 amide bonds. The summed E-state index contributed by atoms with van der Waals surface area (Å²) < 4.78 is 70.2. The van der Waals surface area contributed by atoms with Crippen LogP contribution in [-0.4, -0.2) is 19.8 Å². The summed E-state index contributed by atoms with van der Waals surface area (Å²) in [6.45, 7) is 2.51. The highest BCUT2D eigenvalue weighted by atomic mass is 19.4. The van der Waals surface area contributed by atoms with Crippen LogP contribution in [0, 0.1) is 33.8 Å². The van der Waals surface area contributed by atoms with Crippen molar-refractivity contribution in [3.63, 3.8) is 0 Å². The van der Waals surface area contributed by atoms with Gasteiger partial charge in [0.2, 0.25) is 0 Å². The van der Waals surface area contributed by atoms with Gasteiger partial charge in [-0.15, -0.1) is 4.91 Å². The molecule has 0 aromatic heterocycles. The molecule has 0 heterocycles. The molecule has 2 aromatic rings. The van der Waals surface area contributed by atoms with Crippen molar-refractivity contribution in [3.8, 4) is 5.75 Å². The lowest BCUT2D eigenvalue weighted by molar-refractivity contribution is -0.179. The average molecular weight is 562 g/mol. The van der Waals surface area contributed by atoms with Gasteiger partial charge >= 0.3 is 6.18 Å². The first-order chi connectivity index (χ1) is 19.0. The lowest BCUT2D eigenvalue weighted by Crippen LogP contribution is -2.39. The van der Waals surface area contributed by atoms with Crippen LogP contribution in [0.5, 0.6) is 5.75 Å². The number of nitroso groups, excluding NO2 is 1. The Morgan fingerprint density at radius 1 is 1.15 bits per heavy atom. The Morgan fingerprint density at radius 2 is 1.88 bits per heavy atom. The third kappa shape index (κ3) is 6.27. The van der Waals surface area contributed by atoms with E-state index in [4.69, 9.17) is 5.73 Å². The Hall–Kier alpha value is -3.53. The molecule has 5 nitrogen and oxygen atoms in total. The highest BCUT2D eigenvalue weighted by Gasteiger charge is 2.49. The SMILES string of the molecule is CC12CC(CN)=C(Nc3ccc(F)cc3)C=C1CCC1C[C@H](C(F)(F)F)CC=C12.COc1ccc(N=O)cc1F. The molecule has 2 aromatic carbocycles. The highest BCUT2D eigenvalue weighted by molar-refractivity contribution is 5.56. The molecule has 1 fully saturated rings. The van der Waals surface area contributed by atoms with Gasteiger partial charge in [0.1, 0.15) is 11.5 Å². The normalized spacial score (nSPS) is 24.0. The van der Waals surface area contributed by atoms with Gasteiger partial charge in [-0.25, -0.2) is 8.78 Å². The molecule has 1 saturated carbocycles. The first-order valence-electron chi connectivity index (χ1n) is 13.1. The molecule has 40 heavy (non-hydrogen) atoms. The highest BCUT2D eigenvalue weighted by Crippen LogP contribution is 2.57. The summed E-state index contributed by atoms with van der Waals surface area (Å²) in [7, 11) is 1.35. The van der Waals surface area contributed by atoms with Gasteiger partial charge in [-0.3, -0.25) is 0 Å².